The van der Waals surface area contributed by atoms with Gasteiger partial charge in [-0.2, -0.15) is 18.2 Å². The highest BCUT2D eigenvalue weighted by Gasteiger charge is 2.38. The van der Waals surface area contributed by atoms with E-state index in [2.05, 4.69) is 14.7 Å². The predicted octanol–water partition coefficient (Wildman–Crippen LogP) is 2.74. The van der Waals surface area contributed by atoms with Crippen molar-refractivity contribution < 1.29 is 32.1 Å². The van der Waals surface area contributed by atoms with Crippen LogP contribution in [0, 0.1) is 0 Å². The number of halogens is 3. The number of aromatic nitrogens is 2. The molecule has 1 amide bonds. The minimum absolute atomic E-state index is 0.147. The molecule has 11 heteroatoms. The lowest BCUT2D eigenvalue weighted by atomic mass is 10.3. The first-order valence-corrected chi connectivity index (χ1v) is 7.50. The third kappa shape index (κ3) is 4.52. The molecule has 132 valence electrons. The molecule has 0 saturated heterocycles. The standard InChI is InChI=1S/C13H14F3N3O4S/c1-21-6-5-10(20)19(22-2)7-8-3-4-9(24-8)11-17-12(23-18-11)13(14,15)16/h3-4H,5-7H2,1-2H3. The van der Waals surface area contributed by atoms with E-state index in [0.29, 0.717) is 9.75 Å². The van der Waals surface area contributed by atoms with E-state index in [4.69, 9.17) is 9.57 Å². The van der Waals surface area contributed by atoms with Crippen LogP contribution in [0.5, 0.6) is 0 Å². The summed E-state index contributed by atoms with van der Waals surface area (Å²) in [6.45, 7) is 0.408. The molecular formula is C13H14F3N3O4S. The van der Waals surface area contributed by atoms with E-state index in [9.17, 15) is 18.0 Å². The van der Waals surface area contributed by atoms with Crippen LogP contribution in [0.2, 0.25) is 0 Å². The Labute approximate surface area is 138 Å². The number of hydrogen-bond acceptors (Lipinski definition) is 7. The van der Waals surface area contributed by atoms with Crippen LogP contribution in [0.1, 0.15) is 17.2 Å². The van der Waals surface area contributed by atoms with Crippen LogP contribution in [0.25, 0.3) is 10.7 Å². The van der Waals surface area contributed by atoms with Gasteiger partial charge < -0.3 is 9.26 Å². The first-order valence-electron chi connectivity index (χ1n) is 6.68. The van der Waals surface area contributed by atoms with E-state index in [-0.39, 0.29) is 31.3 Å². The second kappa shape index (κ2) is 7.73. The maximum atomic E-state index is 12.5. The molecule has 7 nitrogen and oxygen atoms in total. The number of thiophene rings is 1. The summed E-state index contributed by atoms with van der Waals surface area (Å²) >= 11 is 1.14. The van der Waals surface area contributed by atoms with Gasteiger partial charge in [-0.1, -0.05) is 5.16 Å². The van der Waals surface area contributed by atoms with Gasteiger partial charge in [0.25, 0.3) is 0 Å². The van der Waals surface area contributed by atoms with Crippen LogP contribution in [-0.2, 0) is 27.1 Å². The monoisotopic (exact) mass is 365 g/mol. The predicted molar refractivity (Wildman–Crippen MR) is 76.7 cm³/mol. The molecule has 0 aliphatic rings. The summed E-state index contributed by atoms with van der Waals surface area (Å²) in [5.74, 6) is -1.83. The third-order valence-corrected chi connectivity index (χ3v) is 3.93. The average molecular weight is 365 g/mol. The zero-order valence-corrected chi connectivity index (χ0v) is 13.6. The highest BCUT2D eigenvalue weighted by atomic mass is 32.1. The van der Waals surface area contributed by atoms with Crippen molar-refractivity contribution in [2.75, 3.05) is 20.8 Å². The van der Waals surface area contributed by atoms with Crippen LogP contribution in [0.3, 0.4) is 0 Å². The van der Waals surface area contributed by atoms with Crippen molar-refractivity contribution >= 4 is 17.2 Å². The lowest BCUT2D eigenvalue weighted by Gasteiger charge is -2.18. The second-order valence-corrected chi connectivity index (χ2v) is 5.71. The topological polar surface area (TPSA) is 77.7 Å². The van der Waals surface area contributed by atoms with E-state index < -0.39 is 12.1 Å². The molecule has 0 bridgehead atoms. The van der Waals surface area contributed by atoms with Gasteiger partial charge in [-0.3, -0.25) is 9.63 Å². The first kappa shape index (κ1) is 18.4. The summed E-state index contributed by atoms with van der Waals surface area (Å²) in [5, 5.41) is 4.46. The molecule has 0 unspecified atom stereocenters. The number of methoxy groups -OCH3 is 1. The van der Waals surface area contributed by atoms with E-state index in [1.165, 1.54) is 14.2 Å². The van der Waals surface area contributed by atoms with Gasteiger partial charge in [0.15, 0.2) is 0 Å². The molecule has 0 N–H and O–H groups in total. The molecule has 0 spiro atoms. The Morgan fingerprint density at radius 3 is 2.71 bits per heavy atom. The summed E-state index contributed by atoms with van der Waals surface area (Å²) in [6.07, 6.45) is -4.53. The number of nitrogens with zero attached hydrogens (tertiary/aromatic N) is 3. The van der Waals surface area contributed by atoms with Crippen LogP contribution >= 0.6 is 11.3 Å². The Hall–Kier alpha value is -1.98. The largest absolute Gasteiger partial charge is 0.471 e. The molecule has 0 aromatic carbocycles. The summed E-state index contributed by atoms with van der Waals surface area (Å²) < 4.78 is 46.4. The van der Waals surface area contributed by atoms with Crippen molar-refractivity contribution in [2.45, 2.75) is 19.1 Å². The minimum atomic E-state index is -4.69. The number of carbonyl (C=O) groups excluding carboxylic acids is 1. The molecule has 0 aliphatic carbocycles. The van der Waals surface area contributed by atoms with Gasteiger partial charge in [-0.05, 0) is 12.1 Å². The molecule has 0 atom stereocenters. The fourth-order valence-electron chi connectivity index (χ4n) is 1.73. The smallest absolute Gasteiger partial charge is 0.384 e. The molecule has 2 rings (SSSR count). The Kier molecular flexibility index (Phi) is 5.91. The maximum Gasteiger partial charge on any atom is 0.471 e. The third-order valence-electron chi connectivity index (χ3n) is 2.87. The molecule has 0 aliphatic heterocycles. The normalized spacial score (nSPS) is 11.7. The summed E-state index contributed by atoms with van der Waals surface area (Å²) in [4.78, 5) is 21.3. The Bertz CT molecular complexity index is 686. The fraction of sp³-hybridized carbons (Fsp3) is 0.462. The van der Waals surface area contributed by atoms with Crippen molar-refractivity contribution in [3.05, 3.63) is 22.9 Å². The van der Waals surface area contributed by atoms with Crippen LogP contribution < -0.4 is 0 Å². The number of rotatable bonds is 7. The number of carbonyl (C=O) groups is 1. The van der Waals surface area contributed by atoms with E-state index in [0.717, 1.165) is 16.4 Å². The Morgan fingerprint density at radius 1 is 1.38 bits per heavy atom. The van der Waals surface area contributed by atoms with E-state index in [1.54, 1.807) is 12.1 Å². The number of hydrogen-bond donors (Lipinski definition) is 0. The van der Waals surface area contributed by atoms with Gasteiger partial charge >= 0.3 is 12.1 Å². The first-order chi connectivity index (χ1) is 11.3. The quantitative estimate of drug-likeness (QED) is 0.702. The molecular weight excluding hydrogens is 351 g/mol. The van der Waals surface area contributed by atoms with Gasteiger partial charge in [0.2, 0.25) is 11.7 Å². The van der Waals surface area contributed by atoms with E-state index >= 15 is 0 Å². The lowest BCUT2D eigenvalue weighted by molar-refractivity contribution is -0.179. The zero-order chi connectivity index (χ0) is 17.7. The number of hydroxylamine groups is 2. The summed E-state index contributed by atoms with van der Waals surface area (Å²) in [6, 6.07) is 3.21. The summed E-state index contributed by atoms with van der Waals surface area (Å²) in [7, 11) is 2.84. The highest BCUT2D eigenvalue weighted by molar-refractivity contribution is 7.15. The zero-order valence-electron chi connectivity index (χ0n) is 12.8. The van der Waals surface area contributed by atoms with Crippen LogP contribution in [0.4, 0.5) is 13.2 Å². The van der Waals surface area contributed by atoms with Gasteiger partial charge in [-0.25, -0.2) is 5.06 Å². The number of amides is 1. The van der Waals surface area contributed by atoms with Crippen molar-refractivity contribution in [1.82, 2.24) is 15.2 Å². The van der Waals surface area contributed by atoms with Gasteiger partial charge in [0, 0.05) is 12.0 Å². The molecule has 0 saturated carbocycles. The number of ether oxygens (including phenoxy) is 1. The number of alkyl halides is 3. The van der Waals surface area contributed by atoms with Crippen molar-refractivity contribution in [3.8, 4) is 10.7 Å². The maximum absolute atomic E-state index is 12.5. The Morgan fingerprint density at radius 2 is 2.12 bits per heavy atom. The molecule has 2 heterocycles. The van der Waals surface area contributed by atoms with Gasteiger partial charge in [0.05, 0.1) is 31.6 Å². The van der Waals surface area contributed by atoms with Gasteiger partial charge in [-0.15, -0.1) is 11.3 Å². The molecule has 0 radical (unpaired) electrons. The van der Waals surface area contributed by atoms with Gasteiger partial charge in [0.1, 0.15) is 0 Å². The fourth-order valence-corrected chi connectivity index (χ4v) is 2.64. The minimum Gasteiger partial charge on any atom is -0.384 e. The van der Waals surface area contributed by atoms with Crippen LogP contribution in [0.15, 0.2) is 16.7 Å². The lowest BCUT2D eigenvalue weighted by Crippen LogP contribution is -2.29. The molecule has 2 aromatic heterocycles. The SMILES string of the molecule is COCCC(=O)N(Cc1ccc(-c2noc(C(F)(F)F)n2)s1)OC. The molecule has 0 fully saturated rings. The van der Waals surface area contributed by atoms with Crippen LogP contribution in [-0.4, -0.2) is 41.9 Å². The average Bonchev–Trinajstić information content (AvgIpc) is 3.18. The molecule has 24 heavy (non-hydrogen) atoms. The Balaban J connectivity index is 2.07. The second-order valence-electron chi connectivity index (χ2n) is 4.54. The highest BCUT2D eigenvalue weighted by Crippen LogP contribution is 2.32. The van der Waals surface area contributed by atoms with Crippen molar-refractivity contribution in [2.24, 2.45) is 0 Å². The summed E-state index contributed by atoms with van der Waals surface area (Å²) in [5.41, 5.74) is 0. The van der Waals surface area contributed by atoms with E-state index in [1.807, 2.05) is 0 Å². The molecule has 2 aromatic rings. The van der Waals surface area contributed by atoms with Crippen molar-refractivity contribution in [3.63, 3.8) is 0 Å². The van der Waals surface area contributed by atoms with Crippen molar-refractivity contribution in [1.29, 1.82) is 0 Å².